The molecule has 96 valence electrons. The minimum atomic E-state index is -0.430. The Kier molecular flexibility index (Phi) is 3.65. The Morgan fingerprint density at radius 3 is 2.72 bits per heavy atom. The Hall–Kier alpha value is -1.84. The fourth-order valence-corrected chi connectivity index (χ4v) is 1.83. The zero-order chi connectivity index (χ0) is 13.1. The van der Waals surface area contributed by atoms with Crippen LogP contribution >= 0.6 is 0 Å². The Labute approximate surface area is 106 Å². The number of hydrogen-bond donors (Lipinski definition) is 1. The second-order valence-electron chi connectivity index (χ2n) is 4.74. The maximum absolute atomic E-state index is 11.7. The lowest BCUT2D eigenvalue weighted by Gasteiger charge is -2.10. The molecule has 0 unspecified atom stereocenters. The van der Waals surface area contributed by atoms with E-state index in [4.69, 9.17) is 4.74 Å². The molecule has 0 heterocycles. The van der Waals surface area contributed by atoms with Crippen LogP contribution in [0.15, 0.2) is 18.2 Å². The minimum Gasteiger partial charge on any atom is -0.465 e. The normalized spacial score (nSPS) is 14.1. The van der Waals surface area contributed by atoms with E-state index in [9.17, 15) is 9.59 Å². The molecule has 0 bridgehead atoms. The average molecular weight is 247 g/mol. The van der Waals surface area contributed by atoms with E-state index >= 15 is 0 Å². The summed E-state index contributed by atoms with van der Waals surface area (Å²) in [6, 6.07) is 5.32. The molecule has 1 aliphatic rings. The molecule has 1 saturated carbocycles. The predicted octanol–water partition coefficient (Wildman–Crippen LogP) is 2.52. The number of carbonyl (C=O) groups excluding carboxylic acids is 2. The van der Waals surface area contributed by atoms with Gasteiger partial charge in [0.1, 0.15) is 0 Å². The Balaban J connectivity index is 2.14. The van der Waals surface area contributed by atoms with Gasteiger partial charge in [-0.3, -0.25) is 4.79 Å². The number of ether oxygens (including phenoxy) is 1. The van der Waals surface area contributed by atoms with Crippen molar-refractivity contribution in [2.45, 2.75) is 26.2 Å². The number of carbonyl (C=O) groups is 2. The minimum absolute atomic E-state index is 0.0356. The lowest BCUT2D eigenvalue weighted by Crippen LogP contribution is -2.15. The van der Waals surface area contributed by atoms with E-state index in [1.807, 2.05) is 13.0 Å². The largest absolute Gasteiger partial charge is 0.465 e. The monoisotopic (exact) mass is 247 g/mol. The second-order valence-corrected chi connectivity index (χ2v) is 4.74. The molecule has 0 spiro atoms. The summed E-state index contributed by atoms with van der Waals surface area (Å²) in [6.07, 6.45) is 2.80. The molecular weight excluding hydrogens is 230 g/mol. The van der Waals surface area contributed by atoms with Crippen LogP contribution in [0.2, 0.25) is 0 Å². The highest BCUT2D eigenvalue weighted by atomic mass is 16.5. The van der Waals surface area contributed by atoms with Crippen molar-refractivity contribution in [2.24, 2.45) is 5.92 Å². The van der Waals surface area contributed by atoms with Gasteiger partial charge in [0.15, 0.2) is 0 Å². The third-order valence-corrected chi connectivity index (χ3v) is 3.03. The van der Waals surface area contributed by atoms with Gasteiger partial charge in [0.2, 0.25) is 5.91 Å². The lowest BCUT2D eigenvalue weighted by molar-refractivity contribution is -0.116. The standard InChI is InChI=1S/C14H17NO3/c1-9-3-6-12(11(7-9)14(17)18-2)15-13(16)8-10-4-5-10/h3,6-7,10H,4-5,8H2,1-2H3,(H,15,16). The molecule has 1 N–H and O–H groups in total. The molecule has 2 rings (SSSR count). The molecule has 1 aromatic carbocycles. The van der Waals surface area contributed by atoms with Gasteiger partial charge in [-0.25, -0.2) is 4.79 Å². The van der Waals surface area contributed by atoms with E-state index in [1.54, 1.807) is 12.1 Å². The van der Waals surface area contributed by atoms with Crippen LogP contribution in [-0.4, -0.2) is 19.0 Å². The quantitative estimate of drug-likeness (QED) is 0.832. The average Bonchev–Trinajstić information content (AvgIpc) is 3.14. The summed E-state index contributed by atoms with van der Waals surface area (Å²) < 4.78 is 4.72. The first-order chi connectivity index (χ1) is 8.60. The van der Waals surface area contributed by atoms with Crippen LogP contribution in [0.3, 0.4) is 0 Å². The Morgan fingerprint density at radius 2 is 2.11 bits per heavy atom. The summed E-state index contributed by atoms with van der Waals surface area (Å²) in [4.78, 5) is 23.4. The van der Waals surface area contributed by atoms with Crippen LogP contribution in [0, 0.1) is 12.8 Å². The molecule has 1 aromatic rings. The molecule has 1 amide bonds. The molecule has 1 aliphatic carbocycles. The number of benzene rings is 1. The maximum atomic E-state index is 11.7. The fraction of sp³-hybridized carbons (Fsp3) is 0.429. The highest BCUT2D eigenvalue weighted by Crippen LogP contribution is 2.32. The Bertz CT molecular complexity index is 478. The van der Waals surface area contributed by atoms with Crippen LogP contribution in [-0.2, 0) is 9.53 Å². The molecule has 18 heavy (non-hydrogen) atoms. The van der Waals surface area contributed by atoms with Crippen molar-refractivity contribution in [3.05, 3.63) is 29.3 Å². The highest BCUT2D eigenvalue weighted by molar-refractivity contribution is 6.01. The summed E-state index contributed by atoms with van der Waals surface area (Å²) in [6.45, 7) is 1.89. The molecular formula is C14H17NO3. The maximum Gasteiger partial charge on any atom is 0.339 e. The summed E-state index contributed by atoms with van der Waals surface area (Å²) >= 11 is 0. The third kappa shape index (κ3) is 3.09. The molecule has 4 nitrogen and oxygen atoms in total. The van der Waals surface area contributed by atoms with Gasteiger partial charge in [-0.2, -0.15) is 0 Å². The Morgan fingerprint density at radius 1 is 1.39 bits per heavy atom. The number of esters is 1. The number of nitrogens with one attached hydrogen (secondary N) is 1. The van der Waals surface area contributed by atoms with Crippen LogP contribution < -0.4 is 5.32 Å². The number of hydrogen-bond acceptors (Lipinski definition) is 3. The molecule has 0 aromatic heterocycles. The van der Waals surface area contributed by atoms with Crippen molar-refractivity contribution in [2.75, 3.05) is 12.4 Å². The lowest BCUT2D eigenvalue weighted by atomic mass is 10.1. The zero-order valence-electron chi connectivity index (χ0n) is 10.7. The van der Waals surface area contributed by atoms with E-state index in [1.165, 1.54) is 7.11 Å². The zero-order valence-corrected chi connectivity index (χ0v) is 10.7. The first kappa shape index (κ1) is 12.6. The van der Waals surface area contributed by atoms with Crippen LogP contribution in [0.1, 0.15) is 35.2 Å². The number of methoxy groups -OCH3 is 1. The first-order valence-corrected chi connectivity index (χ1v) is 6.09. The molecule has 1 fully saturated rings. The van der Waals surface area contributed by atoms with E-state index in [2.05, 4.69) is 5.32 Å². The third-order valence-electron chi connectivity index (χ3n) is 3.03. The van der Waals surface area contributed by atoms with E-state index in [0.29, 0.717) is 23.6 Å². The van der Waals surface area contributed by atoms with Gasteiger partial charge >= 0.3 is 5.97 Å². The van der Waals surface area contributed by atoms with Gasteiger partial charge in [0.25, 0.3) is 0 Å². The van der Waals surface area contributed by atoms with Crippen molar-refractivity contribution in [3.63, 3.8) is 0 Å². The van der Waals surface area contributed by atoms with Gasteiger partial charge in [-0.05, 0) is 37.8 Å². The number of aryl methyl sites for hydroxylation is 1. The van der Waals surface area contributed by atoms with Crippen molar-refractivity contribution < 1.29 is 14.3 Å². The summed E-state index contributed by atoms with van der Waals surface area (Å²) in [7, 11) is 1.33. The van der Waals surface area contributed by atoms with E-state index in [-0.39, 0.29) is 5.91 Å². The highest BCUT2D eigenvalue weighted by Gasteiger charge is 2.25. The summed E-state index contributed by atoms with van der Waals surface area (Å²) in [5.41, 5.74) is 1.88. The number of amides is 1. The topological polar surface area (TPSA) is 55.4 Å². The van der Waals surface area contributed by atoms with Gasteiger partial charge in [0, 0.05) is 6.42 Å². The fourth-order valence-electron chi connectivity index (χ4n) is 1.83. The molecule has 4 heteroatoms. The second kappa shape index (κ2) is 5.21. The van der Waals surface area contributed by atoms with Gasteiger partial charge in [-0.15, -0.1) is 0 Å². The number of rotatable bonds is 4. The SMILES string of the molecule is COC(=O)c1cc(C)ccc1NC(=O)CC1CC1. The summed E-state index contributed by atoms with van der Waals surface area (Å²) in [5.74, 6) is 0.0592. The van der Waals surface area contributed by atoms with Crippen molar-refractivity contribution in [1.82, 2.24) is 0 Å². The van der Waals surface area contributed by atoms with Gasteiger partial charge < -0.3 is 10.1 Å². The van der Waals surface area contributed by atoms with Crippen LogP contribution in [0.5, 0.6) is 0 Å². The van der Waals surface area contributed by atoms with E-state index in [0.717, 1.165) is 18.4 Å². The van der Waals surface area contributed by atoms with Gasteiger partial charge in [0.05, 0.1) is 18.4 Å². The van der Waals surface area contributed by atoms with Crippen LogP contribution in [0.4, 0.5) is 5.69 Å². The number of anilines is 1. The smallest absolute Gasteiger partial charge is 0.339 e. The first-order valence-electron chi connectivity index (χ1n) is 6.09. The molecule has 0 aliphatic heterocycles. The molecule has 0 radical (unpaired) electrons. The van der Waals surface area contributed by atoms with Crippen molar-refractivity contribution in [1.29, 1.82) is 0 Å². The van der Waals surface area contributed by atoms with Gasteiger partial charge in [-0.1, -0.05) is 11.6 Å². The van der Waals surface area contributed by atoms with Crippen molar-refractivity contribution in [3.8, 4) is 0 Å². The molecule has 0 saturated heterocycles. The van der Waals surface area contributed by atoms with Crippen LogP contribution in [0.25, 0.3) is 0 Å². The van der Waals surface area contributed by atoms with Crippen molar-refractivity contribution >= 4 is 17.6 Å². The predicted molar refractivity (Wildman–Crippen MR) is 68.5 cm³/mol. The van der Waals surface area contributed by atoms with E-state index < -0.39 is 5.97 Å². The summed E-state index contributed by atoms with van der Waals surface area (Å²) in [5, 5.41) is 2.78. The molecule has 0 atom stereocenters.